The van der Waals surface area contributed by atoms with Crippen molar-refractivity contribution in [3.8, 4) is 6.07 Å². The monoisotopic (exact) mass is 405 g/mol. The van der Waals surface area contributed by atoms with E-state index in [2.05, 4.69) is 16.0 Å². The van der Waals surface area contributed by atoms with Crippen molar-refractivity contribution < 1.29 is 14.3 Å². The highest BCUT2D eigenvalue weighted by atomic mass is 16.6. The molecule has 0 bridgehead atoms. The largest absolute Gasteiger partial charge is 0.444 e. The maximum Gasteiger partial charge on any atom is 0.408 e. The van der Waals surface area contributed by atoms with Crippen LogP contribution in [0, 0.1) is 29.1 Å². The first-order valence-electron chi connectivity index (χ1n) is 10.6. The number of rotatable bonds is 5. The first-order valence-corrected chi connectivity index (χ1v) is 10.6. The summed E-state index contributed by atoms with van der Waals surface area (Å²) in [4.78, 5) is 23.5. The van der Waals surface area contributed by atoms with Gasteiger partial charge in [0, 0.05) is 28.4 Å². The molecule has 1 heterocycles. The molecule has 0 saturated heterocycles. The lowest BCUT2D eigenvalue weighted by molar-refractivity contribution is 0.0433. The van der Waals surface area contributed by atoms with Gasteiger partial charge in [0.1, 0.15) is 23.7 Å². The average Bonchev–Trinajstić information content (AvgIpc) is 3.28. The number of nitrogens with zero attached hydrogens (tertiary/aromatic N) is 2. The van der Waals surface area contributed by atoms with Crippen molar-refractivity contribution in [3.63, 3.8) is 0 Å². The van der Waals surface area contributed by atoms with Gasteiger partial charge in [-0.05, 0) is 82.6 Å². The Morgan fingerprint density at radius 2 is 2.10 bits per heavy atom. The first kappa shape index (κ1) is 19.2. The molecule has 1 amide bonds. The van der Waals surface area contributed by atoms with E-state index in [1.54, 1.807) is 0 Å². The van der Waals surface area contributed by atoms with Crippen LogP contribution in [0.5, 0.6) is 0 Å². The van der Waals surface area contributed by atoms with Crippen LogP contribution in [0.2, 0.25) is 0 Å². The van der Waals surface area contributed by atoms with Crippen LogP contribution in [-0.4, -0.2) is 28.1 Å². The Morgan fingerprint density at radius 1 is 1.33 bits per heavy atom. The van der Waals surface area contributed by atoms with E-state index in [0.717, 1.165) is 55.0 Å². The van der Waals surface area contributed by atoms with E-state index in [-0.39, 0.29) is 22.5 Å². The molecule has 1 aromatic heterocycles. The molecule has 6 heteroatoms. The highest BCUT2D eigenvalue weighted by Crippen LogP contribution is 2.97. The molecule has 1 spiro atoms. The molecule has 2 aromatic rings. The second kappa shape index (κ2) is 5.66. The van der Waals surface area contributed by atoms with Crippen molar-refractivity contribution >= 4 is 23.3 Å². The van der Waals surface area contributed by atoms with Gasteiger partial charge in [0.15, 0.2) is 0 Å². The smallest absolute Gasteiger partial charge is 0.408 e. The van der Waals surface area contributed by atoms with Gasteiger partial charge >= 0.3 is 6.09 Å². The van der Waals surface area contributed by atoms with Crippen molar-refractivity contribution in [2.24, 2.45) is 10.8 Å². The van der Waals surface area contributed by atoms with Gasteiger partial charge in [-0.2, -0.15) is 5.26 Å². The minimum Gasteiger partial charge on any atom is -0.444 e. The number of nitriles is 1. The third kappa shape index (κ3) is 2.41. The fourth-order valence-electron chi connectivity index (χ4n) is 6.27. The number of carbonyl (C=O) groups is 2. The lowest BCUT2D eigenvalue weighted by atomic mass is 9.77. The van der Waals surface area contributed by atoms with Gasteiger partial charge in [-0.25, -0.2) is 4.79 Å². The predicted molar refractivity (Wildman–Crippen MR) is 112 cm³/mol. The number of hydrogen-bond donors (Lipinski definition) is 1. The molecule has 3 aliphatic rings. The number of hydrogen-bond acceptors (Lipinski definition) is 4. The van der Waals surface area contributed by atoms with E-state index in [1.807, 2.05) is 45.9 Å². The Hall–Kier alpha value is -2.81. The summed E-state index contributed by atoms with van der Waals surface area (Å²) in [7, 11) is 0. The highest BCUT2D eigenvalue weighted by molar-refractivity contribution is 5.92. The molecular formula is C24H27N3O3. The molecule has 1 aromatic carbocycles. The fraction of sp³-hybridized carbons (Fsp3) is 0.542. The molecular weight excluding hydrogens is 378 g/mol. The van der Waals surface area contributed by atoms with Crippen LogP contribution in [0.4, 0.5) is 4.79 Å². The van der Waals surface area contributed by atoms with Crippen LogP contribution in [0.25, 0.3) is 10.9 Å². The average molecular weight is 405 g/mol. The number of ether oxygens (including phenoxy) is 1. The quantitative estimate of drug-likeness (QED) is 0.744. The lowest BCUT2D eigenvalue weighted by Gasteiger charge is -2.35. The third-order valence-electron chi connectivity index (χ3n) is 7.76. The molecule has 30 heavy (non-hydrogen) atoms. The van der Waals surface area contributed by atoms with Gasteiger partial charge in [0.2, 0.25) is 0 Å². The number of amides is 1. The summed E-state index contributed by atoms with van der Waals surface area (Å²) in [6.07, 6.45) is 4.73. The van der Waals surface area contributed by atoms with Gasteiger partial charge in [0.05, 0.1) is 5.54 Å². The Bertz CT molecular complexity index is 1150. The van der Waals surface area contributed by atoms with Crippen LogP contribution in [0.3, 0.4) is 0 Å². The van der Waals surface area contributed by atoms with Crippen LogP contribution in [-0.2, 0) is 11.3 Å². The number of benzene rings is 1. The summed E-state index contributed by atoms with van der Waals surface area (Å²) in [5.74, 6) is 0. The lowest BCUT2D eigenvalue weighted by Crippen LogP contribution is -2.49. The molecule has 1 N–H and O–H groups in total. The Labute approximate surface area is 176 Å². The SMILES string of the molecule is Cc1c(C=O)ccc2c1cc(C#N)n2CCC12CC3(NC(=O)OC(C)(C)C)CC13C2. The summed E-state index contributed by atoms with van der Waals surface area (Å²) < 4.78 is 7.53. The number of nitrogens with one attached hydrogen (secondary N) is 1. The topological polar surface area (TPSA) is 84.1 Å². The van der Waals surface area contributed by atoms with Gasteiger partial charge in [-0.3, -0.25) is 4.79 Å². The molecule has 5 rings (SSSR count). The second-order valence-corrected chi connectivity index (χ2v) is 10.5. The number of fused-ring (bicyclic) bond motifs is 1. The molecule has 0 radical (unpaired) electrons. The number of aromatic nitrogens is 1. The Kier molecular flexibility index (Phi) is 3.62. The van der Waals surface area contributed by atoms with E-state index in [0.29, 0.717) is 11.3 Å². The minimum atomic E-state index is -0.488. The normalized spacial score (nSPS) is 30.5. The van der Waals surface area contributed by atoms with Crippen molar-refractivity contribution in [1.29, 1.82) is 5.26 Å². The Balaban J connectivity index is 1.30. The van der Waals surface area contributed by atoms with E-state index < -0.39 is 5.60 Å². The van der Waals surface area contributed by atoms with E-state index >= 15 is 0 Å². The van der Waals surface area contributed by atoms with Gasteiger partial charge < -0.3 is 14.6 Å². The molecule has 3 atom stereocenters. The summed E-state index contributed by atoms with van der Waals surface area (Å²) >= 11 is 0. The zero-order valence-corrected chi connectivity index (χ0v) is 18.0. The van der Waals surface area contributed by atoms with E-state index in [1.165, 1.54) is 0 Å². The molecule has 0 aliphatic heterocycles. The van der Waals surface area contributed by atoms with Gasteiger partial charge in [0.25, 0.3) is 0 Å². The maximum absolute atomic E-state index is 12.2. The van der Waals surface area contributed by atoms with Crippen LogP contribution in [0.15, 0.2) is 18.2 Å². The fourth-order valence-corrected chi connectivity index (χ4v) is 6.27. The summed E-state index contributed by atoms with van der Waals surface area (Å²) in [6, 6.07) is 7.98. The zero-order chi connectivity index (χ0) is 21.5. The summed E-state index contributed by atoms with van der Waals surface area (Å²) in [6.45, 7) is 8.34. The van der Waals surface area contributed by atoms with Crippen molar-refractivity contribution in [1.82, 2.24) is 9.88 Å². The highest BCUT2D eigenvalue weighted by Gasteiger charge is 2.96. The summed E-state index contributed by atoms with van der Waals surface area (Å²) in [5.41, 5.74) is 3.20. The molecule has 156 valence electrons. The maximum atomic E-state index is 12.2. The van der Waals surface area contributed by atoms with Gasteiger partial charge in [-0.1, -0.05) is 0 Å². The van der Waals surface area contributed by atoms with Crippen LogP contribution >= 0.6 is 0 Å². The number of carbonyl (C=O) groups excluding carboxylic acids is 2. The van der Waals surface area contributed by atoms with Gasteiger partial charge in [-0.15, -0.1) is 0 Å². The molecule has 6 nitrogen and oxygen atoms in total. The van der Waals surface area contributed by atoms with Crippen molar-refractivity contribution in [2.75, 3.05) is 0 Å². The molecule has 3 fully saturated rings. The van der Waals surface area contributed by atoms with Crippen LogP contribution < -0.4 is 5.32 Å². The number of aryl methyl sites for hydroxylation is 2. The zero-order valence-electron chi connectivity index (χ0n) is 18.0. The molecule has 3 unspecified atom stereocenters. The van der Waals surface area contributed by atoms with Crippen molar-refractivity contribution in [2.45, 2.75) is 71.1 Å². The standard InChI is InChI=1S/C24H27N3O3/c1-15-16(11-28)5-6-19-18(15)9-17(10-25)27(19)8-7-22-12-23(22)14-24(23,13-22)26-20(29)30-21(2,3)4/h5-6,9,11H,7-8,12-14H2,1-4H3,(H,26,29). The first-order chi connectivity index (χ1) is 14.1. The van der Waals surface area contributed by atoms with E-state index in [9.17, 15) is 14.9 Å². The number of alkyl carbamates (subject to hydrolysis) is 1. The van der Waals surface area contributed by atoms with Crippen LogP contribution in [0.1, 0.15) is 68.1 Å². The molecule has 3 aliphatic carbocycles. The van der Waals surface area contributed by atoms with E-state index in [4.69, 9.17) is 4.74 Å². The predicted octanol–water partition coefficient (Wildman–Crippen LogP) is 4.47. The Morgan fingerprint density at radius 3 is 2.73 bits per heavy atom. The number of aldehydes is 1. The summed E-state index contributed by atoms with van der Waals surface area (Å²) in [5, 5.41) is 13.8. The minimum absolute atomic E-state index is 0.0679. The molecule has 3 saturated carbocycles. The second-order valence-electron chi connectivity index (χ2n) is 10.5. The van der Waals surface area contributed by atoms with Crippen molar-refractivity contribution in [3.05, 3.63) is 35.0 Å². The third-order valence-corrected chi connectivity index (χ3v) is 7.76.